The van der Waals surface area contributed by atoms with Gasteiger partial charge < -0.3 is 19.5 Å². The third-order valence-electron chi connectivity index (χ3n) is 3.46. The zero-order valence-electron chi connectivity index (χ0n) is 14.3. The third-order valence-corrected chi connectivity index (χ3v) is 4.02. The second-order valence-electron chi connectivity index (χ2n) is 5.23. The molecule has 0 saturated carbocycles. The van der Waals surface area contributed by atoms with E-state index in [1.807, 2.05) is 0 Å². The molecule has 0 bridgehead atoms. The summed E-state index contributed by atoms with van der Waals surface area (Å²) in [6, 6.07) is 9.22. The van der Waals surface area contributed by atoms with Crippen molar-refractivity contribution in [3.8, 4) is 11.5 Å². The maximum atomic E-state index is 12.3. The molecule has 2 aromatic carbocycles. The van der Waals surface area contributed by atoms with Crippen LogP contribution in [0.3, 0.4) is 0 Å². The molecular weight excluding hydrogens is 381 g/mol. The zero-order valence-corrected chi connectivity index (χ0v) is 15.9. The quantitative estimate of drug-likeness (QED) is 0.739. The molecule has 0 aliphatic rings. The van der Waals surface area contributed by atoms with E-state index in [-0.39, 0.29) is 5.56 Å². The Labute approximate surface area is 160 Å². The number of hydrogen-bond acceptors (Lipinski definition) is 5. The highest BCUT2D eigenvalue weighted by atomic mass is 35.5. The zero-order chi connectivity index (χ0) is 19.3. The topological polar surface area (TPSA) is 73.9 Å². The maximum Gasteiger partial charge on any atom is 0.339 e. The Morgan fingerprint density at radius 3 is 2.35 bits per heavy atom. The first-order valence-electron chi connectivity index (χ1n) is 7.54. The first-order valence-corrected chi connectivity index (χ1v) is 8.30. The van der Waals surface area contributed by atoms with Gasteiger partial charge in [-0.15, -0.1) is 0 Å². The lowest BCUT2D eigenvalue weighted by Crippen LogP contribution is -2.30. The number of methoxy groups -OCH3 is 2. The lowest BCUT2D eigenvalue weighted by atomic mass is 10.2. The Hall–Kier alpha value is -2.44. The van der Waals surface area contributed by atoms with Crippen LogP contribution in [0.15, 0.2) is 36.4 Å². The average molecular weight is 398 g/mol. The van der Waals surface area contributed by atoms with E-state index in [2.05, 4.69) is 5.32 Å². The Balaban J connectivity index is 2.06. The average Bonchev–Trinajstić information content (AvgIpc) is 2.63. The molecule has 138 valence electrons. The van der Waals surface area contributed by atoms with Crippen molar-refractivity contribution in [2.24, 2.45) is 0 Å². The summed E-state index contributed by atoms with van der Waals surface area (Å²) in [4.78, 5) is 24.5. The number of rotatable bonds is 6. The van der Waals surface area contributed by atoms with Gasteiger partial charge in [0.1, 0.15) is 0 Å². The van der Waals surface area contributed by atoms with Crippen LogP contribution in [-0.2, 0) is 9.53 Å². The van der Waals surface area contributed by atoms with Gasteiger partial charge in [0.2, 0.25) is 0 Å². The number of halogens is 2. The van der Waals surface area contributed by atoms with E-state index in [0.717, 1.165) is 0 Å². The molecule has 8 heteroatoms. The second kappa shape index (κ2) is 8.78. The minimum Gasteiger partial charge on any atom is -0.493 e. The van der Waals surface area contributed by atoms with Gasteiger partial charge in [0.15, 0.2) is 17.6 Å². The van der Waals surface area contributed by atoms with Crippen LogP contribution >= 0.6 is 23.2 Å². The van der Waals surface area contributed by atoms with Crippen molar-refractivity contribution < 1.29 is 23.8 Å². The molecule has 26 heavy (non-hydrogen) atoms. The highest BCUT2D eigenvalue weighted by molar-refractivity contribution is 6.35. The number of esters is 1. The smallest absolute Gasteiger partial charge is 0.339 e. The third kappa shape index (κ3) is 4.80. The van der Waals surface area contributed by atoms with Crippen molar-refractivity contribution in [1.82, 2.24) is 0 Å². The van der Waals surface area contributed by atoms with Crippen LogP contribution < -0.4 is 14.8 Å². The van der Waals surface area contributed by atoms with Gasteiger partial charge in [-0.1, -0.05) is 23.2 Å². The summed E-state index contributed by atoms with van der Waals surface area (Å²) in [7, 11) is 2.95. The molecule has 0 aliphatic carbocycles. The monoisotopic (exact) mass is 397 g/mol. The van der Waals surface area contributed by atoms with Crippen LogP contribution in [0.4, 0.5) is 5.69 Å². The van der Waals surface area contributed by atoms with Crippen molar-refractivity contribution in [3.63, 3.8) is 0 Å². The van der Waals surface area contributed by atoms with Gasteiger partial charge in [-0.05, 0) is 43.3 Å². The summed E-state index contributed by atoms with van der Waals surface area (Å²) in [6.07, 6.45) is -1.05. The minimum atomic E-state index is -1.05. The molecule has 1 N–H and O–H groups in total. The van der Waals surface area contributed by atoms with Gasteiger partial charge in [0, 0.05) is 5.02 Å². The van der Waals surface area contributed by atoms with E-state index in [1.165, 1.54) is 39.3 Å². The lowest BCUT2D eigenvalue weighted by molar-refractivity contribution is -0.123. The Bertz CT molecular complexity index is 825. The molecule has 0 heterocycles. The molecule has 6 nitrogen and oxygen atoms in total. The number of ether oxygens (including phenoxy) is 3. The van der Waals surface area contributed by atoms with Gasteiger partial charge in [0.25, 0.3) is 5.91 Å². The Morgan fingerprint density at radius 1 is 1.00 bits per heavy atom. The first-order chi connectivity index (χ1) is 12.3. The highest BCUT2D eigenvalue weighted by Gasteiger charge is 2.21. The van der Waals surface area contributed by atoms with E-state index < -0.39 is 18.0 Å². The molecule has 0 saturated heterocycles. The molecule has 1 atom stereocenters. The van der Waals surface area contributed by atoms with Crippen molar-refractivity contribution in [2.45, 2.75) is 13.0 Å². The van der Waals surface area contributed by atoms with Gasteiger partial charge >= 0.3 is 5.97 Å². The summed E-state index contributed by atoms with van der Waals surface area (Å²) in [6.45, 7) is 1.45. The van der Waals surface area contributed by atoms with Gasteiger partial charge in [0.05, 0.1) is 30.5 Å². The molecule has 0 spiro atoms. The molecule has 0 aliphatic heterocycles. The molecule has 0 unspecified atom stereocenters. The van der Waals surface area contributed by atoms with Crippen molar-refractivity contribution in [1.29, 1.82) is 0 Å². The van der Waals surface area contributed by atoms with Crippen LogP contribution in [0.5, 0.6) is 11.5 Å². The molecule has 1 amide bonds. The fraction of sp³-hybridized carbons (Fsp3) is 0.222. The van der Waals surface area contributed by atoms with Crippen LogP contribution in [0.2, 0.25) is 10.0 Å². The molecule has 0 fully saturated rings. The van der Waals surface area contributed by atoms with Crippen LogP contribution in [-0.4, -0.2) is 32.2 Å². The largest absolute Gasteiger partial charge is 0.493 e. The number of nitrogens with one attached hydrogen (secondary N) is 1. The summed E-state index contributed by atoms with van der Waals surface area (Å²) < 4.78 is 15.4. The van der Waals surface area contributed by atoms with Gasteiger partial charge in [-0.3, -0.25) is 4.79 Å². The number of anilines is 1. The fourth-order valence-electron chi connectivity index (χ4n) is 2.07. The second-order valence-corrected chi connectivity index (χ2v) is 6.07. The maximum absolute atomic E-state index is 12.3. The normalized spacial score (nSPS) is 11.4. The Morgan fingerprint density at radius 2 is 1.69 bits per heavy atom. The predicted molar refractivity (Wildman–Crippen MR) is 99.5 cm³/mol. The highest BCUT2D eigenvalue weighted by Crippen LogP contribution is 2.28. The molecule has 2 aromatic rings. The standard InChI is InChI=1S/C18H17Cl2NO5/c1-10(17(22)21-14-9-12(19)5-6-13(14)20)26-18(23)11-4-7-15(24-2)16(8-11)25-3/h4-10H,1-3H3,(H,21,22)/t10-/m0/s1. The van der Waals surface area contributed by atoms with E-state index >= 15 is 0 Å². The van der Waals surface area contributed by atoms with E-state index in [4.69, 9.17) is 37.4 Å². The van der Waals surface area contributed by atoms with Crippen LogP contribution in [0, 0.1) is 0 Å². The van der Waals surface area contributed by atoms with Crippen molar-refractivity contribution >= 4 is 40.8 Å². The van der Waals surface area contributed by atoms with E-state index in [9.17, 15) is 9.59 Å². The summed E-state index contributed by atoms with van der Waals surface area (Å²) in [5.41, 5.74) is 0.557. The summed E-state index contributed by atoms with van der Waals surface area (Å²) >= 11 is 11.9. The van der Waals surface area contributed by atoms with E-state index in [1.54, 1.807) is 18.2 Å². The number of carbonyl (C=O) groups is 2. The fourth-order valence-corrected chi connectivity index (χ4v) is 2.41. The number of hydrogen-bond donors (Lipinski definition) is 1. The SMILES string of the molecule is COc1ccc(C(=O)O[C@@H](C)C(=O)Nc2cc(Cl)ccc2Cl)cc1OC. The number of carbonyl (C=O) groups excluding carboxylic acids is 2. The van der Waals surface area contributed by atoms with Crippen LogP contribution in [0.25, 0.3) is 0 Å². The van der Waals surface area contributed by atoms with Gasteiger partial charge in [-0.2, -0.15) is 0 Å². The summed E-state index contributed by atoms with van der Waals surface area (Å²) in [5.74, 6) is -0.357. The van der Waals surface area contributed by atoms with E-state index in [0.29, 0.717) is 27.2 Å². The van der Waals surface area contributed by atoms with Crippen molar-refractivity contribution in [3.05, 3.63) is 52.0 Å². The molecule has 0 aromatic heterocycles. The molecule has 2 rings (SSSR count). The number of benzene rings is 2. The van der Waals surface area contributed by atoms with Crippen molar-refractivity contribution in [2.75, 3.05) is 19.5 Å². The molecule has 0 radical (unpaired) electrons. The van der Waals surface area contributed by atoms with Crippen LogP contribution in [0.1, 0.15) is 17.3 Å². The molecular formula is C18H17Cl2NO5. The number of amides is 1. The minimum absolute atomic E-state index is 0.225. The van der Waals surface area contributed by atoms with Gasteiger partial charge in [-0.25, -0.2) is 4.79 Å². The first kappa shape index (κ1) is 19.9. The predicted octanol–water partition coefficient (Wildman–Crippen LogP) is 4.19. The summed E-state index contributed by atoms with van der Waals surface area (Å²) in [5, 5.41) is 3.31. The lowest BCUT2D eigenvalue weighted by Gasteiger charge is -2.15. The Kier molecular flexibility index (Phi) is 6.71.